The molecule has 2 heterocycles. The van der Waals surface area contributed by atoms with Gasteiger partial charge in [0.15, 0.2) is 17.1 Å². The number of aromatic nitrogens is 3. The van der Waals surface area contributed by atoms with Gasteiger partial charge in [-0.05, 0) is 30.3 Å². The first kappa shape index (κ1) is 17.6. The number of hydrogen-bond donors (Lipinski definition) is 1. The summed E-state index contributed by atoms with van der Waals surface area (Å²) in [4.78, 5) is 12.2. The predicted octanol–water partition coefficient (Wildman–Crippen LogP) is 2.31. The van der Waals surface area contributed by atoms with Gasteiger partial charge in [-0.25, -0.2) is 0 Å². The van der Waals surface area contributed by atoms with Gasteiger partial charge in [0.05, 0.1) is 7.11 Å². The van der Waals surface area contributed by atoms with Crippen LogP contribution < -0.4 is 14.8 Å². The lowest BCUT2D eigenvalue weighted by molar-refractivity contribution is -0.0512. The number of amides is 1. The summed E-state index contributed by atoms with van der Waals surface area (Å²) >= 11 is 0. The van der Waals surface area contributed by atoms with Crippen LogP contribution in [-0.4, -0.2) is 40.8 Å². The molecule has 3 aromatic rings. The zero-order chi connectivity index (χ0) is 18.5. The molecule has 0 aliphatic heterocycles. The van der Waals surface area contributed by atoms with Crippen LogP contribution in [0.3, 0.4) is 0 Å². The van der Waals surface area contributed by atoms with Gasteiger partial charge in [-0.15, -0.1) is 10.2 Å². The number of nitrogens with zero attached hydrogens (tertiary/aromatic N) is 3. The average molecular weight is 362 g/mol. The minimum absolute atomic E-state index is 0.0569. The summed E-state index contributed by atoms with van der Waals surface area (Å²) in [5.74, 6) is 0.287. The molecule has 0 radical (unpaired) electrons. The highest BCUT2D eigenvalue weighted by Gasteiger charge is 2.14. The van der Waals surface area contributed by atoms with Crippen molar-refractivity contribution in [3.05, 3.63) is 54.0 Å². The van der Waals surface area contributed by atoms with Crippen molar-refractivity contribution in [1.29, 1.82) is 0 Å². The van der Waals surface area contributed by atoms with E-state index in [0.29, 0.717) is 13.0 Å². The molecule has 26 heavy (non-hydrogen) atoms. The largest absolute Gasteiger partial charge is 0.493 e. The third kappa shape index (κ3) is 3.88. The summed E-state index contributed by atoms with van der Waals surface area (Å²) in [6, 6.07) is 9.58. The molecule has 0 bridgehead atoms. The third-order valence-corrected chi connectivity index (χ3v) is 3.66. The Kier molecular flexibility index (Phi) is 5.26. The van der Waals surface area contributed by atoms with E-state index in [1.54, 1.807) is 0 Å². The maximum atomic E-state index is 12.3. The van der Waals surface area contributed by atoms with E-state index < -0.39 is 6.61 Å². The smallest absolute Gasteiger partial charge is 0.387 e. The Hall–Kier alpha value is -3.23. The van der Waals surface area contributed by atoms with Crippen LogP contribution in [0.15, 0.2) is 42.6 Å². The van der Waals surface area contributed by atoms with E-state index in [-0.39, 0.29) is 23.0 Å². The van der Waals surface area contributed by atoms with E-state index >= 15 is 0 Å². The van der Waals surface area contributed by atoms with Crippen LogP contribution >= 0.6 is 0 Å². The molecule has 0 atom stereocenters. The van der Waals surface area contributed by atoms with Crippen LogP contribution in [0.2, 0.25) is 0 Å². The van der Waals surface area contributed by atoms with Gasteiger partial charge in [0, 0.05) is 24.7 Å². The number of rotatable bonds is 7. The minimum atomic E-state index is -2.97. The molecular formula is C17H16F2N4O3. The first-order valence-corrected chi connectivity index (χ1v) is 7.78. The van der Waals surface area contributed by atoms with E-state index in [0.717, 1.165) is 11.5 Å². The van der Waals surface area contributed by atoms with Crippen LogP contribution in [0.4, 0.5) is 8.78 Å². The topological polar surface area (TPSA) is 77.8 Å². The Bertz CT molecular complexity index is 914. The molecule has 0 fully saturated rings. The number of benzene rings is 1. The Morgan fingerprint density at radius 1 is 1.23 bits per heavy atom. The van der Waals surface area contributed by atoms with E-state index in [1.807, 2.05) is 28.8 Å². The number of halogens is 2. The summed E-state index contributed by atoms with van der Waals surface area (Å²) in [7, 11) is 1.31. The fraction of sp³-hybridized carbons (Fsp3) is 0.235. The van der Waals surface area contributed by atoms with Gasteiger partial charge in [-0.3, -0.25) is 9.20 Å². The van der Waals surface area contributed by atoms with Crippen molar-refractivity contribution in [2.75, 3.05) is 13.7 Å². The van der Waals surface area contributed by atoms with Crippen LogP contribution in [-0.2, 0) is 6.42 Å². The second kappa shape index (κ2) is 7.77. The van der Waals surface area contributed by atoms with E-state index in [9.17, 15) is 13.6 Å². The normalized spacial score (nSPS) is 10.9. The van der Waals surface area contributed by atoms with Crippen molar-refractivity contribution >= 4 is 11.6 Å². The van der Waals surface area contributed by atoms with E-state index in [4.69, 9.17) is 4.74 Å². The summed E-state index contributed by atoms with van der Waals surface area (Å²) in [5.41, 5.74) is 1.00. The van der Waals surface area contributed by atoms with Gasteiger partial charge in [-0.2, -0.15) is 8.78 Å². The van der Waals surface area contributed by atoms with E-state index in [1.165, 1.54) is 25.3 Å². The number of nitrogens with one attached hydrogen (secondary N) is 1. The second-order valence-electron chi connectivity index (χ2n) is 5.30. The molecule has 0 aliphatic carbocycles. The highest BCUT2D eigenvalue weighted by molar-refractivity contribution is 5.94. The van der Waals surface area contributed by atoms with Gasteiger partial charge in [0.2, 0.25) is 0 Å². The summed E-state index contributed by atoms with van der Waals surface area (Å²) in [6.07, 6.45) is 2.33. The van der Waals surface area contributed by atoms with Crippen LogP contribution in [0, 0.1) is 0 Å². The molecule has 0 spiro atoms. The zero-order valence-electron chi connectivity index (χ0n) is 13.9. The van der Waals surface area contributed by atoms with Crippen molar-refractivity contribution in [2.45, 2.75) is 13.0 Å². The van der Waals surface area contributed by atoms with Gasteiger partial charge >= 0.3 is 6.61 Å². The zero-order valence-corrected chi connectivity index (χ0v) is 13.9. The number of carbonyl (C=O) groups excluding carboxylic acids is 1. The molecule has 0 unspecified atom stereocenters. The van der Waals surface area contributed by atoms with Crippen molar-refractivity contribution in [3.8, 4) is 11.5 Å². The predicted molar refractivity (Wildman–Crippen MR) is 88.7 cm³/mol. The molecule has 9 heteroatoms. The number of ether oxygens (including phenoxy) is 2. The molecule has 7 nitrogen and oxygen atoms in total. The fourth-order valence-electron chi connectivity index (χ4n) is 2.45. The van der Waals surface area contributed by atoms with Crippen molar-refractivity contribution in [2.24, 2.45) is 0 Å². The molecular weight excluding hydrogens is 346 g/mol. The number of fused-ring (bicyclic) bond motifs is 1. The van der Waals surface area contributed by atoms with Crippen LogP contribution in [0.1, 0.15) is 16.2 Å². The number of carbonyl (C=O) groups is 1. The highest BCUT2D eigenvalue weighted by Crippen LogP contribution is 2.29. The van der Waals surface area contributed by atoms with Gasteiger partial charge < -0.3 is 14.8 Å². The highest BCUT2D eigenvalue weighted by atomic mass is 19.3. The standard InChI is InChI=1S/C17H16F2N4O3/c1-25-13-10-11(5-6-12(13)26-17(18)19)16(24)20-8-7-15-22-21-14-4-2-3-9-23(14)15/h2-6,9-10,17H,7-8H2,1H3,(H,20,24). The van der Waals surface area contributed by atoms with Gasteiger partial charge in [0.25, 0.3) is 5.91 Å². The molecule has 136 valence electrons. The number of hydrogen-bond acceptors (Lipinski definition) is 5. The Labute approximate surface area is 147 Å². The molecule has 1 aromatic carbocycles. The van der Waals surface area contributed by atoms with Gasteiger partial charge in [0.1, 0.15) is 5.82 Å². The SMILES string of the molecule is COc1cc(C(=O)NCCc2nnc3ccccn23)ccc1OC(F)F. The lowest BCUT2D eigenvalue weighted by atomic mass is 10.2. The summed E-state index contributed by atoms with van der Waals surface area (Å²) < 4.78 is 35.8. The molecule has 3 rings (SSSR count). The quantitative estimate of drug-likeness (QED) is 0.698. The number of methoxy groups -OCH3 is 1. The first-order valence-electron chi connectivity index (χ1n) is 7.78. The Balaban J connectivity index is 1.63. The van der Waals surface area contributed by atoms with Crippen LogP contribution in [0.5, 0.6) is 11.5 Å². The molecule has 0 aliphatic rings. The van der Waals surface area contributed by atoms with Crippen molar-refractivity contribution in [3.63, 3.8) is 0 Å². The number of alkyl halides is 2. The molecule has 1 amide bonds. The maximum Gasteiger partial charge on any atom is 0.387 e. The number of pyridine rings is 1. The maximum absolute atomic E-state index is 12.3. The minimum Gasteiger partial charge on any atom is -0.493 e. The first-order chi connectivity index (χ1) is 12.6. The Morgan fingerprint density at radius 2 is 2.08 bits per heavy atom. The molecule has 1 N–H and O–H groups in total. The lowest BCUT2D eigenvalue weighted by Crippen LogP contribution is -2.26. The van der Waals surface area contributed by atoms with Crippen molar-refractivity contribution < 1.29 is 23.0 Å². The van der Waals surface area contributed by atoms with E-state index in [2.05, 4.69) is 20.3 Å². The van der Waals surface area contributed by atoms with Gasteiger partial charge in [-0.1, -0.05) is 6.07 Å². The molecule has 2 aromatic heterocycles. The monoisotopic (exact) mass is 362 g/mol. The fourth-order valence-corrected chi connectivity index (χ4v) is 2.45. The summed E-state index contributed by atoms with van der Waals surface area (Å²) in [5, 5.41) is 10.9. The molecule has 0 saturated heterocycles. The third-order valence-electron chi connectivity index (χ3n) is 3.66. The van der Waals surface area contributed by atoms with Crippen molar-refractivity contribution in [1.82, 2.24) is 19.9 Å². The average Bonchev–Trinajstić information content (AvgIpc) is 3.05. The second-order valence-corrected chi connectivity index (χ2v) is 5.30. The molecule has 0 saturated carbocycles. The Morgan fingerprint density at radius 3 is 2.85 bits per heavy atom. The lowest BCUT2D eigenvalue weighted by Gasteiger charge is -2.11. The van der Waals surface area contributed by atoms with Crippen LogP contribution in [0.25, 0.3) is 5.65 Å². The summed E-state index contributed by atoms with van der Waals surface area (Å²) in [6.45, 7) is -2.63.